The van der Waals surface area contributed by atoms with Gasteiger partial charge in [-0.25, -0.2) is 0 Å². The topological polar surface area (TPSA) is 67.2 Å². The summed E-state index contributed by atoms with van der Waals surface area (Å²) in [5.74, 6) is -0.0508. The van der Waals surface area contributed by atoms with Crippen molar-refractivity contribution < 1.29 is 4.79 Å². The van der Waals surface area contributed by atoms with Crippen LogP contribution in [0.2, 0.25) is 0 Å². The average molecular weight is 247 g/mol. The average Bonchev–Trinajstić information content (AvgIpc) is 2.41. The van der Waals surface area contributed by atoms with E-state index < -0.39 is 0 Å². The Morgan fingerprint density at radius 2 is 1.78 bits per heavy atom. The van der Waals surface area contributed by atoms with Gasteiger partial charge in [0.25, 0.3) is 5.91 Å². The first-order valence-electron chi connectivity index (χ1n) is 6.53. The summed E-state index contributed by atoms with van der Waals surface area (Å²) in [6.45, 7) is 0. The van der Waals surface area contributed by atoms with Gasteiger partial charge in [-0.1, -0.05) is 0 Å². The number of carbonyl (C=O) groups is 1. The normalized spacial score (nSPS) is 23.4. The van der Waals surface area contributed by atoms with E-state index in [0.717, 1.165) is 31.4 Å². The summed E-state index contributed by atoms with van der Waals surface area (Å²) in [5, 5.41) is 6.11. The quantitative estimate of drug-likeness (QED) is 0.762. The highest BCUT2D eigenvalue weighted by Crippen LogP contribution is 2.21. The fourth-order valence-corrected chi connectivity index (χ4v) is 2.36. The highest BCUT2D eigenvalue weighted by molar-refractivity contribution is 5.94. The lowest BCUT2D eigenvalue weighted by Gasteiger charge is -2.27. The predicted octanol–water partition coefficient (Wildman–Crippen LogP) is 1.73. The number of nitrogens with one attached hydrogen (secondary N) is 2. The van der Waals surface area contributed by atoms with Crippen molar-refractivity contribution in [2.45, 2.75) is 37.8 Å². The van der Waals surface area contributed by atoms with Crippen molar-refractivity contribution in [3.63, 3.8) is 0 Å². The molecule has 4 N–H and O–H groups in total. The van der Waals surface area contributed by atoms with E-state index in [1.165, 1.54) is 0 Å². The first-order valence-corrected chi connectivity index (χ1v) is 6.53. The molecule has 1 aromatic rings. The van der Waals surface area contributed by atoms with Gasteiger partial charge in [-0.2, -0.15) is 0 Å². The summed E-state index contributed by atoms with van der Waals surface area (Å²) in [4.78, 5) is 11.4. The number of nitrogens with two attached hydrogens (primary N) is 1. The summed E-state index contributed by atoms with van der Waals surface area (Å²) < 4.78 is 0. The lowest BCUT2D eigenvalue weighted by atomic mass is 9.91. The van der Waals surface area contributed by atoms with E-state index in [0.29, 0.717) is 17.6 Å². The van der Waals surface area contributed by atoms with Gasteiger partial charge in [-0.15, -0.1) is 0 Å². The zero-order valence-electron chi connectivity index (χ0n) is 10.8. The van der Waals surface area contributed by atoms with E-state index in [4.69, 9.17) is 5.73 Å². The molecule has 1 aromatic carbocycles. The molecule has 1 aliphatic rings. The third-order valence-corrected chi connectivity index (χ3v) is 3.52. The van der Waals surface area contributed by atoms with Gasteiger partial charge in [0, 0.05) is 30.4 Å². The maximum absolute atomic E-state index is 11.4. The van der Waals surface area contributed by atoms with Gasteiger partial charge in [-0.05, 0) is 49.9 Å². The Morgan fingerprint density at radius 3 is 2.33 bits per heavy atom. The van der Waals surface area contributed by atoms with E-state index in [1.54, 1.807) is 7.05 Å². The maximum atomic E-state index is 11.4. The Balaban J connectivity index is 1.92. The van der Waals surface area contributed by atoms with Crippen LogP contribution in [0.5, 0.6) is 0 Å². The molecule has 4 nitrogen and oxygen atoms in total. The lowest BCUT2D eigenvalue weighted by Crippen LogP contribution is -2.32. The van der Waals surface area contributed by atoms with Crippen LogP contribution in [0.15, 0.2) is 24.3 Å². The van der Waals surface area contributed by atoms with Crippen LogP contribution in [0.4, 0.5) is 5.69 Å². The van der Waals surface area contributed by atoms with Crippen molar-refractivity contribution in [3.8, 4) is 0 Å². The van der Waals surface area contributed by atoms with Crippen LogP contribution < -0.4 is 16.4 Å². The molecule has 0 saturated heterocycles. The van der Waals surface area contributed by atoms with Crippen molar-refractivity contribution in [2.75, 3.05) is 12.4 Å². The molecule has 0 radical (unpaired) electrons. The molecule has 1 fully saturated rings. The molecule has 0 aliphatic heterocycles. The molecule has 0 spiro atoms. The number of benzene rings is 1. The molecule has 0 heterocycles. The summed E-state index contributed by atoms with van der Waals surface area (Å²) in [7, 11) is 1.64. The second-order valence-electron chi connectivity index (χ2n) is 4.91. The Hall–Kier alpha value is -1.55. The van der Waals surface area contributed by atoms with Crippen molar-refractivity contribution in [2.24, 2.45) is 5.73 Å². The molecular weight excluding hydrogens is 226 g/mol. The van der Waals surface area contributed by atoms with Crippen LogP contribution in [-0.2, 0) is 0 Å². The number of hydrogen-bond acceptors (Lipinski definition) is 3. The molecule has 0 unspecified atom stereocenters. The first kappa shape index (κ1) is 12.9. The van der Waals surface area contributed by atoms with Crippen molar-refractivity contribution in [1.29, 1.82) is 0 Å². The number of carbonyl (C=O) groups excluding carboxylic acids is 1. The van der Waals surface area contributed by atoms with Crippen LogP contribution in [0.1, 0.15) is 36.0 Å². The van der Waals surface area contributed by atoms with Gasteiger partial charge in [0.15, 0.2) is 0 Å². The largest absolute Gasteiger partial charge is 0.382 e. The number of anilines is 1. The first-order chi connectivity index (χ1) is 8.69. The smallest absolute Gasteiger partial charge is 0.251 e. The Labute approximate surface area is 108 Å². The van der Waals surface area contributed by atoms with Crippen LogP contribution in [0.3, 0.4) is 0 Å². The molecule has 0 aromatic heterocycles. The summed E-state index contributed by atoms with van der Waals surface area (Å²) >= 11 is 0. The van der Waals surface area contributed by atoms with Gasteiger partial charge < -0.3 is 16.4 Å². The van der Waals surface area contributed by atoms with Crippen molar-refractivity contribution in [3.05, 3.63) is 29.8 Å². The van der Waals surface area contributed by atoms with Gasteiger partial charge in [0.2, 0.25) is 0 Å². The molecule has 1 amide bonds. The van der Waals surface area contributed by atoms with E-state index >= 15 is 0 Å². The third-order valence-electron chi connectivity index (χ3n) is 3.52. The predicted molar refractivity (Wildman–Crippen MR) is 73.7 cm³/mol. The number of rotatable bonds is 3. The molecule has 98 valence electrons. The Morgan fingerprint density at radius 1 is 1.17 bits per heavy atom. The van der Waals surface area contributed by atoms with Gasteiger partial charge in [-0.3, -0.25) is 4.79 Å². The zero-order valence-corrected chi connectivity index (χ0v) is 10.8. The van der Waals surface area contributed by atoms with Crippen molar-refractivity contribution in [1.82, 2.24) is 5.32 Å². The zero-order chi connectivity index (χ0) is 13.0. The third kappa shape index (κ3) is 3.23. The molecule has 2 rings (SSSR count). The Kier molecular flexibility index (Phi) is 4.20. The minimum absolute atomic E-state index is 0.0508. The van der Waals surface area contributed by atoms with Gasteiger partial charge in [0.1, 0.15) is 0 Å². The minimum atomic E-state index is -0.0508. The minimum Gasteiger partial charge on any atom is -0.382 e. The standard InChI is InChI=1S/C14H21N3O/c1-16-14(18)10-2-6-12(7-3-10)17-13-8-4-11(15)5-9-13/h2-3,6-7,11,13,17H,4-5,8-9,15H2,1H3,(H,16,18). The molecule has 4 heteroatoms. The molecule has 1 saturated carbocycles. The van der Waals surface area contributed by atoms with Crippen LogP contribution in [0.25, 0.3) is 0 Å². The van der Waals surface area contributed by atoms with Crippen molar-refractivity contribution >= 4 is 11.6 Å². The fourth-order valence-electron chi connectivity index (χ4n) is 2.36. The van der Waals surface area contributed by atoms with Gasteiger partial charge in [0.05, 0.1) is 0 Å². The monoisotopic (exact) mass is 247 g/mol. The SMILES string of the molecule is CNC(=O)c1ccc(NC2CCC(N)CC2)cc1. The maximum Gasteiger partial charge on any atom is 0.251 e. The highest BCUT2D eigenvalue weighted by atomic mass is 16.1. The fraction of sp³-hybridized carbons (Fsp3) is 0.500. The summed E-state index contributed by atoms with van der Waals surface area (Å²) in [5.41, 5.74) is 7.65. The number of hydrogen-bond donors (Lipinski definition) is 3. The number of amides is 1. The van der Waals surface area contributed by atoms with Crippen LogP contribution in [0, 0.1) is 0 Å². The van der Waals surface area contributed by atoms with E-state index in [2.05, 4.69) is 10.6 Å². The molecular formula is C14H21N3O. The molecule has 18 heavy (non-hydrogen) atoms. The summed E-state index contributed by atoms with van der Waals surface area (Å²) in [6.07, 6.45) is 4.43. The second-order valence-corrected chi connectivity index (χ2v) is 4.91. The van der Waals surface area contributed by atoms with E-state index in [9.17, 15) is 4.79 Å². The van der Waals surface area contributed by atoms with Crippen LogP contribution in [-0.4, -0.2) is 25.0 Å². The van der Waals surface area contributed by atoms with Gasteiger partial charge >= 0.3 is 0 Å². The molecule has 0 bridgehead atoms. The summed E-state index contributed by atoms with van der Waals surface area (Å²) in [6, 6.07) is 8.48. The molecule has 1 aliphatic carbocycles. The van der Waals surface area contributed by atoms with E-state index in [-0.39, 0.29) is 5.91 Å². The Bertz CT molecular complexity index is 394. The second kappa shape index (κ2) is 5.87. The lowest BCUT2D eigenvalue weighted by molar-refractivity contribution is 0.0963. The van der Waals surface area contributed by atoms with E-state index in [1.807, 2.05) is 24.3 Å². The highest BCUT2D eigenvalue weighted by Gasteiger charge is 2.18. The van der Waals surface area contributed by atoms with Crippen LogP contribution >= 0.6 is 0 Å². The molecule has 0 atom stereocenters.